The fourth-order valence-electron chi connectivity index (χ4n) is 1.51. The Morgan fingerprint density at radius 2 is 2.17 bits per heavy atom. The van der Waals surface area contributed by atoms with Gasteiger partial charge in [-0.15, -0.1) is 11.3 Å². The fraction of sp³-hybridized carbons (Fsp3) is 0.615. The zero-order valence-corrected chi connectivity index (χ0v) is 12.3. The largest absolute Gasteiger partial charge is 0.444 e. The highest BCUT2D eigenvalue weighted by Crippen LogP contribution is 2.16. The lowest BCUT2D eigenvalue weighted by Crippen LogP contribution is -2.44. The third kappa shape index (κ3) is 5.51. The molecule has 0 aliphatic rings. The van der Waals surface area contributed by atoms with Crippen molar-refractivity contribution in [3.63, 3.8) is 0 Å². The number of hydrogen-bond donors (Lipinski definition) is 2. The van der Waals surface area contributed by atoms with Gasteiger partial charge in [0.25, 0.3) is 0 Å². The van der Waals surface area contributed by atoms with Crippen LogP contribution in [0.2, 0.25) is 0 Å². The summed E-state index contributed by atoms with van der Waals surface area (Å²) >= 11 is 1.72. The molecule has 1 heterocycles. The van der Waals surface area contributed by atoms with Gasteiger partial charge in [0, 0.05) is 28.8 Å². The smallest absolute Gasteiger partial charge is 0.407 e. The van der Waals surface area contributed by atoms with Crippen molar-refractivity contribution in [2.24, 2.45) is 5.73 Å². The zero-order valence-electron chi connectivity index (χ0n) is 11.4. The number of nitrogens with one attached hydrogen (secondary N) is 1. The number of amides is 1. The summed E-state index contributed by atoms with van der Waals surface area (Å²) in [4.78, 5) is 14.1. The first kappa shape index (κ1) is 15.0. The third-order valence-corrected chi connectivity index (χ3v) is 3.27. The lowest BCUT2D eigenvalue weighted by molar-refractivity contribution is 0.0506. The van der Waals surface area contributed by atoms with E-state index in [1.165, 1.54) is 9.75 Å². The average molecular weight is 270 g/mol. The number of alkyl carbamates (subject to hydrolysis) is 1. The van der Waals surface area contributed by atoms with E-state index in [9.17, 15) is 4.79 Å². The van der Waals surface area contributed by atoms with Crippen LogP contribution in [-0.4, -0.2) is 24.3 Å². The molecule has 5 heteroatoms. The molecular formula is C13H22N2O2S. The SMILES string of the molecule is Cc1ccc(CC(CN)NC(=O)OC(C)(C)C)s1. The number of aryl methyl sites for hydroxylation is 1. The van der Waals surface area contributed by atoms with Gasteiger partial charge in [-0.05, 0) is 39.8 Å². The molecule has 18 heavy (non-hydrogen) atoms. The van der Waals surface area contributed by atoms with Crippen molar-refractivity contribution in [2.45, 2.75) is 45.8 Å². The highest BCUT2D eigenvalue weighted by atomic mass is 32.1. The molecule has 4 nitrogen and oxygen atoms in total. The average Bonchev–Trinajstić information content (AvgIpc) is 2.60. The highest BCUT2D eigenvalue weighted by molar-refractivity contribution is 7.11. The lowest BCUT2D eigenvalue weighted by atomic mass is 10.2. The molecule has 3 N–H and O–H groups in total. The molecule has 0 fully saturated rings. The maximum atomic E-state index is 11.6. The normalized spacial score (nSPS) is 13.2. The van der Waals surface area contributed by atoms with Gasteiger partial charge in [0.05, 0.1) is 0 Å². The van der Waals surface area contributed by atoms with Gasteiger partial charge in [-0.25, -0.2) is 4.79 Å². The summed E-state index contributed by atoms with van der Waals surface area (Å²) < 4.78 is 5.21. The van der Waals surface area contributed by atoms with Crippen molar-refractivity contribution in [1.82, 2.24) is 5.32 Å². The Bertz CT molecular complexity index is 396. The van der Waals surface area contributed by atoms with E-state index in [4.69, 9.17) is 10.5 Å². The van der Waals surface area contributed by atoms with Crippen molar-refractivity contribution in [1.29, 1.82) is 0 Å². The Morgan fingerprint density at radius 1 is 1.50 bits per heavy atom. The molecule has 1 aromatic rings. The maximum absolute atomic E-state index is 11.6. The van der Waals surface area contributed by atoms with Crippen LogP contribution < -0.4 is 11.1 Å². The molecular weight excluding hydrogens is 248 g/mol. The predicted molar refractivity (Wildman–Crippen MR) is 75.0 cm³/mol. The van der Waals surface area contributed by atoms with Crippen LogP contribution in [0.4, 0.5) is 4.79 Å². The molecule has 102 valence electrons. The van der Waals surface area contributed by atoms with Crippen LogP contribution in [-0.2, 0) is 11.2 Å². The molecule has 0 radical (unpaired) electrons. The minimum Gasteiger partial charge on any atom is -0.444 e. The van der Waals surface area contributed by atoms with E-state index in [1.807, 2.05) is 20.8 Å². The molecule has 0 saturated carbocycles. The van der Waals surface area contributed by atoms with E-state index in [2.05, 4.69) is 24.4 Å². The van der Waals surface area contributed by atoms with Gasteiger partial charge in [0.1, 0.15) is 5.60 Å². The van der Waals surface area contributed by atoms with Gasteiger partial charge >= 0.3 is 6.09 Å². The molecule has 0 aromatic carbocycles. The molecule has 0 aliphatic heterocycles. The minimum atomic E-state index is -0.483. The van der Waals surface area contributed by atoms with Crippen LogP contribution in [0.1, 0.15) is 30.5 Å². The standard InChI is InChI=1S/C13H22N2O2S/c1-9-5-6-11(18-9)7-10(8-14)15-12(16)17-13(2,3)4/h5-6,10H,7-8,14H2,1-4H3,(H,15,16). The quantitative estimate of drug-likeness (QED) is 0.883. The summed E-state index contributed by atoms with van der Waals surface area (Å²) in [6.45, 7) is 7.98. The van der Waals surface area contributed by atoms with E-state index in [-0.39, 0.29) is 6.04 Å². The lowest BCUT2D eigenvalue weighted by Gasteiger charge is -2.22. The molecule has 0 saturated heterocycles. The molecule has 0 bridgehead atoms. The number of carbonyl (C=O) groups excluding carboxylic acids is 1. The number of hydrogen-bond acceptors (Lipinski definition) is 4. The van der Waals surface area contributed by atoms with E-state index in [0.717, 1.165) is 6.42 Å². The molecule has 0 spiro atoms. The maximum Gasteiger partial charge on any atom is 0.407 e. The van der Waals surface area contributed by atoms with E-state index < -0.39 is 11.7 Å². The second-order valence-corrected chi connectivity index (χ2v) is 6.67. The van der Waals surface area contributed by atoms with Crippen LogP contribution in [0.25, 0.3) is 0 Å². The summed E-state index contributed by atoms with van der Waals surface area (Å²) in [5.74, 6) is 0. The van der Waals surface area contributed by atoms with Crippen molar-refractivity contribution >= 4 is 17.4 Å². The Kier molecular flexibility index (Phi) is 5.16. The second-order valence-electron chi connectivity index (χ2n) is 5.30. The Labute approximate surface area is 113 Å². The van der Waals surface area contributed by atoms with E-state index in [0.29, 0.717) is 6.54 Å². The second kappa shape index (κ2) is 6.20. The molecule has 1 unspecified atom stereocenters. The van der Waals surface area contributed by atoms with Crippen molar-refractivity contribution < 1.29 is 9.53 Å². The monoisotopic (exact) mass is 270 g/mol. The van der Waals surface area contributed by atoms with Gasteiger partial charge < -0.3 is 15.8 Å². The molecule has 1 rings (SSSR count). The van der Waals surface area contributed by atoms with Crippen LogP contribution in [0.15, 0.2) is 12.1 Å². The summed E-state index contributed by atoms with van der Waals surface area (Å²) in [6, 6.07) is 4.05. The zero-order chi connectivity index (χ0) is 13.8. The van der Waals surface area contributed by atoms with Gasteiger partial charge in [0.2, 0.25) is 0 Å². The number of rotatable bonds is 4. The first-order valence-electron chi connectivity index (χ1n) is 6.05. The van der Waals surface area contributed by atoms with Crippen LogP contribution >= 0.6 is 11.3 Å². The first-order valence-corrected chi connectivity index (χ1v) is 6.86. The van der Waals surface area contributed by atoms with Crippen molar-refractivity contribution in [3.8, 4) is 0 Å². The van der Waals surface area contributed by atoms with Crippen LogP contribution in [0.3, 0.4) is 0 Å². The first-order chi connectivity index (χ1) is 8.30. The number of ether oxygens (including phenoxy) is 1. The predicted octanol–water partition coefficient (Wildman–Crippen LogP) is 2.45. The number of carbonyl (C=O) groups is 1. The molecule has 1 atom stereocenters. The molecule has 1 aromatic heterocycles. The summed E-state index contributed by atoms with van der Waals surface area (Å²) in [6.07, 6.45) is 0.333. The van der Waals surface area contributed by atoms with Gasteiger partial charge in [-0.3, -0.25) is 0 Å². The third-order valence-electron chi connectivity index (χ3n) is 2.25. The topological polar surface area (TPSA) is 64.3 Å². The van der Waals surface area contributed by atoms with Crippen LogP contribution in [0.5, 0.6) is 0 Å². The molecule has 0 aliphatic carbocycles. The summed E-state index contributed by atoms with van der Waals surface area (Å²) in [5, 5.41) is 2.80. The summed E-state index contributed by atoms with van der Waals surface area (Å²) in [7, 11) is 0. The fourth-order valence-corrected chi connectivity index (χ4v) is 2.48. The summed E-state index contributed by atoms with van der Waals surface area (Å²) in [5.41, 5.74) is 5.19. The van der Waals surface area contributed by atoms with Crippen LogP contribution in [0, 0.1) is 6.92 Å². The van der Waals surface area contributed by atoms with Gasteiger partial charge in [0.15, 0.2) is 0 Å². The highest BCUT2D eigenvalue weighted by Gasteiger charge is 2.19. The van der Waals surface area contributed by atoms with Crippen molar-refractivity contribution in [2.75, 3.05) is 6.54 Å². The van der Waals surface area contributed by atoms with E-state index >= 15 is 0 Å². The van der Waals surface area contributed by atoms with E-state index in [1.54, 1.807) is 11.3 Å². The van der Waals surface area contributed by atoms with Gasteiger partial charge in [-0.1, -0.05) is 0 Å². The number of nitrogens with two attached hydrogens (primary N) is 1. The Morgan fingerprint density at radius 3 is 2.61 bits per heavy atom. The number of thiophene rings is 1. The molecule has 1 amide bonds. The van der Waals surface area contributed by atoms with Crippen molar-refractivity contribution in [3.05, 3.63) is 21.9 Å². The Hall–Kier alpha value is -1.07. The minimum absolute atomic E-state index is 0.0853. The Balaban J connectivity index is 2.49. The van der Waals surface area contributed by atoms with Gasteiger partial charge in [-0.2, -0.15) is 0 Å².